The van der Waals surface area contributed by atoms with Crippen molar-refractivity contribution in [2.45, 2.75) is 10.1 Å². The lowest BCUT2D eigenvalue weighted by Crippen LogP contribution is -2.45. The van der Waals surface area contributed by atoms with E-state index in [1.807, 2.05) is 60.7 Å². The van der Waals surface area contributed by atoms with E-state index in [-0.39, 0.29) is 5.91 Å². The van der Waals surface area contributed by atoms with Crippen molar-refractivity contribution in [1.82, 2.24) is 10.9 Å². The molecule has 0 aliphatic rings. The van der Waals surface area contributed by atoms with Gasteiger partial charge >= 0.3 is 6.03 Å². The van der Waals surface area contributed by atoms with E-state index < -0.39 is 11.3 Å². The van der Waals surface area contributed by atoms with Crippen molar-refractivity contribution in [3.05, 3.63) is 84.4 Å². The number of benzene rings is 3. The van der Waals surface area contributed by atoms with Crippen molar-refractivity contribution >= 4 is 29.4 Å². The average molecular weight is 438 g/mol. The molecule has 31 heavy (non-hydrogen) atoms. The van der Waals surface area contributed by atoms with Crippen LogP contribution in [0, 0.1) is 0 Å². The fraction of sp³-hybridized carbons (Fsp3) is 0.130. The number of anilines is 1. The maximum Gasteiger partial charge on any atom is 0.338 e. The van der Waals surface area contributed by atoms with Crippen LogP contribution in [-0.4, -0.2) is 26.2 Å². The molecule has 3 N–H and O–H groups in total. The van der Waals surface area contributed by atoms with E-state index in [1.54, 1.807) is 25.3 Å². The summed E-state index contributed by atoms with van der Waals surface area (Å²) in [5.41, 5.74) is 6.16. The van der Waals surface area contributed by atoms with E-state index in [0.717, 1.165) is 10.5 Å². The SMILES string of the molecule is COc1ccc(NC(=O)NNC(=O)C(Sc2ccccc2)c2ccccc2)c(OC)c1. The van der Waals surface area contributed by atoms with E-state index in [2.05, 4.69) is 16.2 Å². The zero-order chi connectivity index (χ0) is 22.1. The second-order valence-corrected chi connectivity index (χ2v) is 7.53. The molecule has 3 rings (SSSR count). The van der Waals surface area contributed by atoms with Crippen molar-refractivity contribution in [2.75, 3.05) is 19.5 Å². The fourth-order valence-electron chi connectivity index (χ4n) is 2.78. The monoisotopic (exact) mass is 437 g/mol. The molecule has 0 bridgehead atoms. The zero-order valence-corrected chi connectivity index (χ0v) is 17.9. The van der Waals surface area contributed by atoms with Gasteiger partial charge in [0.2, 0.25) is 0 Å². The molecule has 1 unspecified atom stereocenters. The maximum absolute atomic E-state index is 12.9. The van der Waals surface area contributed by atoms with Crippen LogP contribution in [0.3, 0.4) is 0 Å². The molecule has 0 saturated carbocycles. The number of carbonyl (C=O) groups is 2. The first-order chi connectivity index (χ1) is 15.1. The van der Waals surface area contributed by atoms with Crippen LogP contribution in [0.4, 0.5) is 10.5 Å². The third-order valence-corrected chi connectivity index (χ3v) is 5.56. The van der Waals surface area contributed by atoms with E-state index in [0.29, 0.717) is 17.2 Å². The van der Waals surface area contributed by atoms with Gasteiger partial charge in [-0.05, 0) is 29.8 Å². The van der Waals surface area contributed by atoms with Crippen LogP contribution in [0.15, 0.2) is 83.8 Å². The Bertz CT molecular complexity index is 1020. The minimum atomic E-state index is -0.603. The number of nitrogens with one attached hydrogen (secondary N) is 3. The molecule has 7 nitrogen and oxygen atoms in total. The first kappa shape index (κ1) is 22.0. The third kappa shape index (κ3) is 6.16. The Morgan fingerprint density at radius 3 is 2.16 bits per heavy atom. The summed E-state index contributed by atoms with van der Waals surface area (Å²) in [7, 11) is 3.03. The molecule has 0 aliphatic carbocycles. The minimum absolute atomic E-state index is 0.350. The van der Waals surface area contributed by atoms with Gasteiger partial charge in [0.15, 0.2) is 0 Å². The predicted octanol–water partition coefficient (Wildman–Crippen LogP) is 4.39. The number of carbonyl (C=O) groups excluding carboxylic acids is 2. The lowest BCUT2D eigenvalue weighted by Gasteiger charge is -2.18. The topological polar surface area (TPSA) is 88.7 Å². The van der Waals surface area contributed by atoms with E-state index in [4.69, 9.17) is 9.47 Å². The highest BCUT2D eigenvalue weighted by atomic mass is 32.2. The molecular weight excluding hydrogens is 414 g/mol. The van der Waals surface area contributed by atoms with Crippen molar-refractivity contribution < 1.29 is 19.1 Å². The first-order valence-corrected chi connectivity index (χ1v) is 10.3. The summed E-state index contributed by atoms with van der Waals surface area (Å²) in [6.07, 6.45) is 0. The molecule has 0 saturated heterocycles. The molecule has 0 spiro atoms. The van der Waals surface area contributed by atoms with Gasteiger partial charge in [-0.1, -0.05) is 48.5 Å². The number of methoxy groups -OCH3 is 2. The third-order valence-electron chi connectivity index (χ3n) is 4.29. The molecule has 3 aromatic carbocycles. The number of ether oxygens (including phenoxy) is 2. The Labute approximate surface area is 185 Å². The van der Waals surface area contributed by atoms with Gasteiger partial charge in [-0.15, -0.1) is 11.8 Å². The largest absolute Gasteiger partial charge is 0.497 e. The molecule has 0 fully saturated rings. The smallest absolute Gasteiger partial charge is 0.338 e. The number of thioether (sulfide) groups is 1. The summed E-state index contributed by atoms with van der Waals surface area (Å²) in [5, 5.41) is 2.10. The molecule has 0 radical (unpaired) electrons. The molecular formula is C23H23N3O4S. The highest BCUT2D eigenvalue weighted by Gasteiger charge is 2.22. The van der Waals surface area contributed by atoms with Gasteiger partial charge in [0.25, 0.3) is 5.91 Å². The second-order valence-electron chi connectivity index (χ2n) is 6.36. The lowest BCUT2D eigenvalue weighted by atomic mass is 10.1. The van der Waals surface area contributed by atoms with Gasteiger partial charge in [0, 0.05) is 11.0 Å². The Morgan fingerprint density at radius 2 is 1.52 bits per heavy atom. The standard InChI is InChI=1S/C23H23N3O4S/c1-29-17-13-14-19(20(15-17)30-2)24-23(28)26-25-22(27)21(16-9-5-3-6-10-16)31-18-11-7-4-8-12-18/h3-15,21H,1-2H3,(H,25,27)(H2,24,26,28). The van der Waals surface area contributed by atoms with Crippen LogP contribution >= 0.6 is 11.8 Å². The lowest BCUT2D eigenvalue weighted by molar-refractivity contribution is -0.121. The van der Waals surface area contributed by atoms with Gasteiger partial charge in [-0.3, -0.25) is 10.2 Å². The highest BCUT2D eigenvalue weighted by molar-refractivity contribution is 8.00. The fourth-order valence-corrected chi connectivity index (χ4v) is 3.82. The molecule has 3 aromatic rings. The van der Waals surface area contributed by atoms with E-state index in [1.165, 1.54) is 18.9 Å². The van der Waals surface area contributed by atoms with Gasteiger partial charge in [0.05, 0.1) is 19.9 Å². The molecule has 1 atom stereocenters. The van der Waals surface area contributed by atoms with Crippen molar-refractivity contribution in [1.29, 1.82) is 0 Å². The summed E-state index contributed by atoms with van der Waals surface area (Å²) in [6, 6.07) is 23.4. The van der Waals surface area contributed by atoms with Crippen molar-refractivity contribution in [3.8, 4) is 11.5 Å². The van der Waals surface area contributed by atoms with Crippen LogP contribution in [0.1, 0.15) is 10.8 Å². The highest BCUT2D eigenvalue weighted by Crippen LogP contribution is 2.35. The number of amides is 3. The Morgan fingerprint density at radius 1 is 0.839 bits per heavy atom. The minimum Gasteiger partial charge on any atom is -0.497 e. The molecule has 8 heteroatoms. The molecule has 0 heterocycles. The summed E-state index contributed by atoms with van der Waals surface area (Å²) >= 11 is 1.40. The van der Waals surface area contributed by atoms with Crippen LogP contribution in [0.5, 0.6) is 11.5 Å². The predicted molar refractivity (Wildman–Crippen MR) is 121 cm³/mol. The van der Waals surface area contributed by atoms with Gasteiger partial charge < -0.3 is 14.8 Å². The van der Waals surface area contributed by atoms with E-state index >= 15 is 0 Å². The number of hydrazine groups is 1. The molecule has 0 aliphatic heterocycles. The average Bonchev–Trinajstić information content (AvgIpc) is 2.82. The van der Waals surface area contributed by atoms with E-state index in [9.17, 15) is 9.59 Å². The summed E-state index contributed by atoms with van der Waals surface area (Å²) in [5.74, 6) is 0.680. The number of rotatable bonds is 7. The number of urea groups is 1. The zero-order valence-electron chi connectivity index (χ0n) is 17.1. The molecule has 3 amide bonds. The number of hydrogen-bond acceptors (Lipinski definition) is 5. The second kappa shape index (κ2) is 10.9. The van der Waals surface area contributed by atoms with Crippen LogP contribution in [0.2, 0.25) is 0 Å². The quantitative estimate of drug-likeness (QED) is 0.377. The van der Waals surface area contributed by atoms with Gasteiger partial charge in [-0.25, -0.2) is 10.2 Å². The Balaban J connectivity index is 1.66. The van der Waals surface area contributed by atoms with Crippen LogP contribution in [-0.2, 0) is 4.79 Å². The Hall–Kier alpha value is -3.65. The van der Waals surface area contributed by atoms with Crippen LogP contribution < -0.4 is 25.6 Å². The summed E-state index contributed by atoms with van der Waals surface area (Å²) in [6.45, 7) is 0. The maximum atomic E-state index is 12.9. The summed E-state index contributed by atoms with van der Waals surface area (Å²) < 4.78 is 10.4. The van der Waals surface area contributed by atoms with Crippen molar-refractivity contribution in [3.63, 3.8) is 0 Å². The first-order valence-electron chi connectivity index (χ1n) is 9.46. The Kier molecular flexibility index (Phi) is 7.78. The van der Waals surface area contributed by atoms with Gasteiger partial charge in [-0.2, -0.15) is 0 Å². The van der Waals surface area contributed by atoms with Crippen molar-refractivity contribution in [2.24, 2.45) is 0 Å². The summed E-state index contributed by atoms with van der Waals surface area (Å²) in [4.78, 5) is 26.2. The molecule has 160 valence electrons. The normalized spacial score (nSPS) is 11.2. The molecule has 0 aromatic heterocycles. The number of hydrogen-bond donors (Lipinski definition) is 3. The van der Waals surface area contributed by atoms with Crippen LogP contribution in [0.25, 0.3) is 0 Å². The van der Waals surface area contributed by atoms with Gasteiger partial charge in [0.1, 0.15) is 16.7 Å².